The highest BCUT2D eigenvalue weighted by molar-refractivity contribution is 9.10. The van der Waals surface area contributed by atoms with Crippen LogP contribution >= 0.6 is 15.9 Å². The van der Waals surface area contributed by atoms with Gasteiger partial charge in [0, 0.05) is 12.1 Å². The third-order valence-corrected chi connectivity index (χ3v) is 4.13. The Morgan fingerprint density at radius 2 is 2.23 bits per heavy atom. The number of rotatable bonds is 2. The molecule has 0 bridgehead atoms. The van der Waals surface area contributed by atoms with Crippen LogP contribution in [0, 0.1) is 5.82 Å². The number of carbonyl (C=O) groups is 1. The molecule has 22 heavy (non-hydrogen) atoms. The van der Waals surface area contributed by atoms with Gasteiger partial charge in [0.15, 0.2) is 0 Å². The Morgan fingerprint density at radius 3 is 3.00 bits per heavy atom. The van der Waals surface area contributed by atoms with Crippen molar-refractivity contribution in [3.63, 3.8) is 0 Å². The summed E-state index contributed by atoms with van der Waals surface area (Å²) < 4.78 is 19.4. The van der Waals surface area contributed by atoms with Crippen LogP contribution in [0.2, 0.25) is 0 Å². The van der Waals surface area contributed by atoms with Crippen LogP contribution in [0.4, 0.5) is 9.18 Å². The lowest BCUT2D eigenvalue weighted by Gasteiger charge is -2.26. The number of fused-ring (bicyclic) bond motifs is 1. The fourth-order valence-corrected chi connectivity index (χ4v) is 2.59. The van der Waals surface area contributed by atoms with E-state index in [0.717, 1.165) is 5.56 Å². The molecule has 0 saturated carbocycles. The molecule has 3 rings (SSSR count). The van der Waals surface area contributed by atoms with Gasteiger partial charge in [0.1, 0.15) is 17.9 Å². The van der Waals surface area contributed by atoms with Crippen molar-refractivity contribution in [2.45, 2.75) is 13.0 Å². The Hall–Kier alpha value is -2.22. The van der Waals surface area contributed by atoms with Crippen molar-refractivity contribution in [3.8, 4) is 11.6 Å². The topological polar surface area (TPSA) is 75.5 Å². The Bertz CT molecular complexity index is 741. The SMILES string of the molecule is O=C(O)N1CCc2c(ncnc2Oc2cccc(F)c2Br)C1. The molecule has 1 amide bonds. The molecule has 0 unspecified atom stereocenters. The van der Waals surface area contributed by atoms with E-state index in [1.165, 1.54) is 23.4 Å². The molecule has 0 aliphatic carbocycles. The predicted molar refractivity (Wildman–Crippen MR) is 78.3 cm³/mol. The molecule has 1 aromatic heterocycles. The van der Waals surface area contributed by atoms with Gasteiger partial charge >= 0.3 is 6.09 Å². The Kier molecular flexibility index (Phi) is 3.93. The first kappa shape index (κ1) is 14.7. The van der Waals surface area contributed by atoms with Crippen LogP contribution in [0.5, 0.6) is 11.6 Å². The number of hydrogen-bond acceptors (Lipinski definition) is 4. The quantitative estimate of drug-likeness (QED) is 0.881. The highest BCUT2D eigenvalue weighted by atomic mass is 79.9. The molecule has 1 aliphatic rings. The molecule has 1 aromatic carbocycles. The summed E-state index contributed by atoms with van der Waals surface area (Å²) >= 11 is 3.13. The molecule has 0 atom stereocenters. The minimum Gasteiger partial charge on any atom is -0.465 e. The van der Waals surface area contributed by atoms with E-state index in [1.54, 1.807) is 6.07 Å². The van der Waals surface area contributed by atoms with Crippen LogP contribution in [0.25, 0.3) is 0 Å². The largest absolute Gasteiger partial charge is 0.465 e. The van der Waals surface area contributed by atoms with Crippen LogP contribution in [0.15, 0.2) is 29.0 Å². The average molecular weight is 368 g/mol. The molecule has 6 nitrogen and oxygen atoms in total. The van der Waals surface area contributed by atoms with Crippen LogP contribution in [-0.4, -0.2) is 32.6 Å². The molecule has 2 heterocycles. The highest BCUT2D eigenvalue weighted by Crippen LogP contribution is 2.33. The number of carboxylic acid groups (broad SMARTS) is 1. The Morgan fingerprint density at radius 1 is 1.41 bits per heavy atom. The van der Waals surface area contributed by atoms with Gasteiger partial charge in [-0.3, -0.25) is 0 Å². The molecule has 0 fully saturated rings. The summed E-state index contributed by atoms with van der Waals surface area (Å²) in [5.74, 6) is 0.195. The number of aromatic nitrogens is 2. The second-order valence-electron chi connectivity index (χ2n) is 4.71. The van der Waals surface area contributed by atoms with E-state index >= 15 is 0 Å². The minimum absolute atomic E-state index is 0.188. The van der Waals surface area contributed by atoms with E-state index in [4.69, 9.17) is 9.84 Å². The van der Waals surface area contributed by atoms with Gasteiger partial charge in [-0.2, -0.15) is 0 Å². The molecule has 1 aliphatic heterocycles. The fourth-order valence-electron chi connectivity index (χ4n) is 2.24. The number of halogens is 2. The maximum Gasteiger partial charge on any atom is 0.407 e. The number of benzene rings is 1. The summed E-state index contributed by atoms with van der Waals surface area (Å²) in [6.07, 6.45) is 0.775. The van der Waals surface area contributed by atoms with Crippen LogP contribution in [-0.2, 0) is 13.0 Å². The number of nitrogens with zero attached hydrogens (tertiary/aromatic N) is 3. The van der Waals surface area contributed by atoms with Crippen molar-refractivity contribution in [1.82, 2.24) is 14.9 Å². The number of amides is 1. The van der Waals surface area contributed by atoms with E-state index in [9.17, 15) is 9.18 Å². The van der Waals surface area contributed by atoms with E-state index < -0.39 is 11.9 Å². The van der Waals surface area contributed by atoms with Gasteiger partial charge in [0.25, 0.3) is 0 Å². The van der Waals surface area contributed by atoms with E-state index in [0.29, 0.717) is 30.3 Å². The first-order chi connectivity index (χ1) is 10.6. The van der Waals surface area contributed by atoms with Gasteiger partial charge in [-0.15, -0.1) is 0 Å². The third-order valence-electron chi connectivity index (χ3n) is 3.36. The first-order valence-electron chi connectivity index (χ1n) is 6.48. The molecule has 8 heteroatoms. The molecule has 0 saturated heterocycles. The molecule has 114 valence electrons. The monoisotopic (exact) mass is 367 g/mol. The smallest absolute Gasteiger partial charge is 0.407 e. The molecular weight excluding hydrogens is 357 g/mol. The zero-order chi connectivity index (χ0) is 15.7. The molecular formula is C14H11BrFN3O3. The summed E-state index contributed by atoms with van der Waals surface area (Å²) in [4.78, 5) is 20.5. The zero-order valence-electron chi connectivity index (χ0n) is 11.3. The van der Waals surface area contributed by atoms with E-state index in [-0.39, 0.29) is 11.0 Å². The lowest BCUT2D eigenvalue weighted by Crippen LogP contribution is -2.35. The predicted octanol–water partition coefficient (Wildman–Crippen LogP) is 3.21. The summed E-state index contributed by atoms with van der Waals surface area (Å²) in [5, 5.41) is 9.04. The number of ether oxygens (including phenoxy) is 1. The highest BCUT2D eigenvalue weighted by Gasteiger charge is 2.25. The van der Waals surface area contributed by atoms with Crippen molar-refractivity contribution in [2.24, 2.45) is 0 Å². The zero-order valence-corrected chi connectivity index (χ0v) is 12.9. The third kappa shape index (κ3) is 2.74. The van der Waals surface area contributed by atoms with Crippen molar-refractivity contribution in [2.75, 3.05) is 6.54 Å². The van der Waals surface area contributed by atoms with Gasteiger partial charge in [-0.05, 0) is 34.5 Å². The lowest BCUT2D eigenvalue weighted by molar-refractivity contribution is 0.138. The standard InChI is InChI=1S/C14H11BrFN3O3/c15-12-9(16)2-1-3-11(12)22-13-8-4-5-19(14(20)21)6-10(8)17-7-18-13/h1-3,7H,4-6H2,(H,20,21). The van der Waals surface area contributed by atoms with Crippen LogP contribution in [0.3, 0.4) is 0 Å². The fraction of sp³-hybridized carbons (Fsp3) is 0.214. The van der Waals surface area contributed by atoms with Crippen LogP contribution < -0.4 is 4.74 Å². The van der Waals surface area contributed by atoms with E-state index in [2.05, 4.69) is 25.9 Å². The summed E-state index contributed by atoms with van der Waals surface area (Å²) in [6, 6.07) is 4.47. The second kappa shape index (κ2) is 5.88. The van der Waals surface area contributed by atoms with Crippen molar-refractivity contribution >= 4 is 22.0 Å². The van der Waals surface area contributed by atoms with Crippen molar-refractivity contribution < 1.29 is 19.0 Å². The second-order valence-corrected chi connectivity index (χ2v) is 5.51. The summed E-state index contributed by atoms with van der Waals surface area (Å²) in [5.41, 5.74) is 1.35. The van der Waals surface area contributed by atoms with Gasteiger partial charge in [0.05, 0.1) is 16.7 Å². The van der Waals surface area contributed by atoms with Crippen molar-refractivity contribution in [3.05, 3.63) is 46.1 Å². The molecule has 0 spiro atoms. The first-order valence-corrected chi connectivity index (χ1v) is 7.28. The van der Waals surface area contributed by atoms with Crippen LogP contribution in [0.1, 0.15) is 11.3 Å². The van der Waals surface area contributed by atoms with Gasteiger partial charge in [-0.25, -0.2) is 19.2 Å². The van der Waals surface area contributed by atoms with Gasteiger partial charge < -0.3 is 14.7 Å². The van der Waals surface area contributed by atoms with E-state index in [1.807, 2.05) is 0 Å². The summed E-state index contributed by atoms with van der Waals surface area (Å²) in [7, 11) is 0. The Balaban J connectivity index is 1.92. The van der Waals surface area contributed by atoms with Gasteiger partial charge in [-0.1, -0.05) is 6.07 Å². The minimum atomic E-state index is -0.986. The molecule has 1 N–H and O–H groups in total. The molecule has 2 aromatic rings. The lowest BCUT2D eigenvalue weighted by atomic mass is 10.1. The average Bonchev–Trinajstić information content (AvgIpc) is 2.51. The summed E-state index contributed by atoms with van der Waals surface area (Å²) in [6.45, 7) is 0.532. The Labute approximate surface area is 133 Å². The van der Waals surface area contributed by atoms with Crippen molar-refractivity contribution in [1.29, 1.82) is 0 Å². The van der Waals surface area contributed by atoms with Gasteiger partial charge in [0.2, 0.25) is 5.88 Å². The maximum atomic E-state index is 13.5. The maximum absolute atomic E-state index is 13.5. The number of hydrogen-bond donors (Lipinski definition) is 1. The normalized spacial score (nSPS) is 13.6. The molecule has 0 radical (unpaired) electrons.